The molecule has 36 heavy (non-hydrogen) atoms. The zero-order valence-electron chi connectivity index (χ0n) is 21.4. The van der Waals surface area contributed by atoms with Gasteiger partial charge >= 0.3 is 0 Å². The second kappa shape index (κ2) is 12.2. The van der Waals surface area contributed by atoms with Gasteiger partial charge in [-0.25, -0.2) is 0 Å². The molecule has 0 amide bonds. The largest absolute Gasteiger partial charge is 0.377 e. The highest BCUT2D eigenvalue weighted by molar-refractivity contribution is 6.18. The summed E-state index contributed by atoms with van der Waals surface area (Å²) in [7, 11) is 0. The highest BCUT2D eigenvalue weighted by Crippen LogP contribution is 2.67. The Hall–Kier alpha value is -0.410. The van der Waals surface area contributed by atoms with Crippen molar-refractivity contribution in [3.05, 3.63) is 23.1 Å². The smallest absolute Gasteiger partial charge is 0.162 e. The van der Waals surface area contributed by atoms with E-state index in [0.717, 1.165) is 63.9 Å². The van der Waals surface area contributed by atoms with E-state index in [9.17, 15) is 5.11 Å². The summed E-state index contributed by atoms with van der Waals surface area (Å²) in [5.41, 5.74) is 1.99. The van der Waals surface area contributed by atoms with Gasteiger partial charge in [0.15, 0.2) is 5.76 Å². The van der Waals surface area contributed by atoms with Crippen molar-refractivity contribution in [2.24, 2.45) is 28.6 Å². The molecule has 202 valence electrons. The van der Waals surface area contributed by atoms with Crippen molar-refractivity contribution in [1.82, 2.24) is 10.1 Å². The monoisotopic (exact) mass is 576 g/mol. The van der Waals surface area contributed by atoms with Crippen LogP contribution in [0.1, 0.15) is 63.7 Å². The minimum absolute atomic E-state index is 0. The molecule has 0 spiro atoms. The van der Waals surface area contributed by atoms with Gasteiger partial charge in [-0.3, -0.25) is 4.90 Å². The van der Waals surface area contributed by atoms with E-state index >= 15 is 0 Å². The van der Waals surface area contributed by atoms with Gasteiger partial charge in [-0.15, -0.1) is 53.6 Å². The lowest BCUT2D eigenvalue weighted by atomic mass is 9.46. The Morgan fingerprint density at radius 2 is 1.72 bits per heavy atom. The summed E-state index contributed by atoms with van der Waals surface area (Å²) in [6.45, 7) is 7.34. The van der Waals surface area contributed by atoms with Crippen LogP contribution in [0.4, 0.5) is 0 Å². The number of hydrogen-bond donors (Lipinski definition) is 1. The van der Waals surface area contributed by atoms with Gasteiger partial charge in [0.2, 0.25) is 0 Å². The van der Waals surface area contributed by atoms with Crippen molar-refractivity contribution in [2.45, 2.75) is 64.4 Å². The number of aromatic nitrogens is 1. The lowest BCUT2D eigenvalue weighted by Crippen LogP contribution is -2.54. The van der Waals surface area contributed by atoms with E-state index in [1.165, 1.54) is 12.0 Å². The fourth-order valence-corrected chi connectivity index (χ4v) is 8.55. The lowest BCUT2D eigenvalue weighted by Gasteiger charge is -2.58. The number of aliphatic hydroxyl groups is 1. The molecule has 6 unspecified atom stereocenters. The first-order valence-electron chi connectivity index (χ1n) is 13.0. The van der Waals surface area contributed by atoms with Crippen molar-refractivity contribution in [3.8, 4) is 12.3 Å². The molecule has 8 heteroatoms. The minimum atomic E-state index is -0.909. The Balaban J connectivity index is 0.000000283. The Bertz CT molecular complexity index is 947. The summed E-state index contributed by atoms with van der Waals surface area (Å²) >= 11 is 16.6. The maximum atomic E-state index is 11.1. The highest BCUT2D eigenvalue weighted by Gasteiger charge is 2.63. The van der Waals surface area contributed by atoms with Crippen LogP contribution in [-0.2, 0) is 6.42 Å². The van der Waals surface area contributed by atoms with Gasteiger partial charge in [0.25, 0.3) is 0 Å². The normalized spacial score (nSPS) is 36.2. The van der Waals surface area contributed by atoms with Crippen LogP contribution >= 0.6 is 47.2 Å². The summed E-state index contributed by atoms with van der Waals surface area (Å²) in [5, 5.41) is 15.1. The number of halogens is 4. The molecule has 0 bridgehead atoms. The van der Waals surface area contributed by atoms with Crippen molar-refractivity contribution >= 4 is 53.3 Å². The minimum Gasteiger partial charge on any atom is -0.377 e. The fourth-order valence-electron chi connectivity index (χ4n) is 7.83. The number of hydrogen-bond acceptors (Lipinski definition) is 4. The molecule has 3 fully saturated rings. The second-order valence-electron chi connectivity index (χ2n) is 11.3. The predicted molar refractivity (Wildman–Crippen MR) is 152 cm³/mol. The van der Waals surface area contributed by atoms with Gasteiger partial charge < -0.3 is 9.63 Å². The molecule has 3 saturated carbocycles. The van der Waals surface area contributed by atoms with Crippen LogP contribution in [0.3, 0.4) is 0 Å². The Morgan fingerprint density at radius 1 is 1.08 bits per heavy atom. The Kier molecular flexibility index (Phi) is 10.2. The van der Waals surface area contributed by atoms with E-state index in [4.69, 9.17) is 45.7 Å². The molecule has 0 aliphatic heterocycles. The standard InChI is InChI=1S/C22H27NO2.C6H12Cl3N.ClH/c1-4-22(24)10-8-18-16-6-5-15-11-19-14(13-23-25-19)12-20(15,2)17(16)7-9-21(18,22)3;7-1-4-10(5-2-8)6-3-9;/h1,11,13,16-18,24H,5-10,12H2,2-3H3;1-6H2;1H. The Morgan fingerprint density at radius 3 is 2.33 bits per heavy atom. The first-order valence-corrected chi connectivity index (χ1v) is 14.6. The lowest BCUT2D eigenvalue weighted by molar-refractivity contribution is -0.0975. The van der Waals surface area contributed by atoms with Crippen molar-refractivity contribution in [1.29, 1.82) is 0 Å². The van der Waals surface area contributed by atoms with E-state index in [1.54, 1.807) is 5.57 Å². The summed E-state index contributed by atoms with van der Waals surface area (Å²) < 4.78 is 5.43. The van der Waals surface area contributed by atoms with E-state index in [0.29, 0.717) is 35.4 Å². The number of nitrogens with zero attached hydrogens (tertiary/aromatic N) is 2. The quantitative estimate of drug-likeness (QED) is 0.304. The molecule has 0 radical (unpaired) electrons. The number of terminal acetylenes is 1. The van der Waals surface area contributed by atoms with E-state index < -0.39 is 5.60 Å². The van der Waals surface area contributed by atoms with Crippen LogP contribution in [0, 0.1) is 40.9 Å². The van der Waals surface area contributed by atoms with Crippen LogP contribution < -0.4 is 0 Å². The van der Waals surface area contributed by atoms with E-state index in [-0.39, 0.29) is 23.2 Å². The molecule has 0 aromatic carbocycles. The van der Waals surface area contributed by atoms with Crippen LogP contribution in [0.25, 0.3) is 6.08 Å². The third-order valence-electron chi connectivity index (χ3n) is 9.87. The topological polar surface area (TPSA) is 49.5 Å². The molecule has 1 aromatic rings. The van der Waals surface area contributed by atoms with Gasteiger partial charge in [0.05, 0.1) is 6.20 Å². The number of rotatable bonds is 6. The first kappa shape index (κ1) is 30.1. The summed E-state index contributed by atoms with van der Waals surface area (Å²) in [6, 6.07) is 0. The van der Waals surface area contributed by atoms with Crippen LogP contribution in [0.15, 0.2) is 16.3 Å². The fraction of sp³-hybridized carbons (Fsp3) is 0.750. The molecule has 1 N–H and O–H groups in total. The summed E-state index contributed by atoms with van der Waals surface area (Å²) in [6.07, 6.45) is 17.4. The molecule has 6 atom stereocenters. The molecule has 1 aromatic heterocycles. The predicted octanol–water partition coefficient (Wildman–Crippen LogP) is 6.65. The molecule has 0 saturated heterocycles. The van der Waals surface area contributed by atoms with Gasteiger partial charge in [0, 0.05) is 48.3 Å². The van der Waals surface area contributed by atoms with Crippen LogP contribution in [0.5, 0.6) is 0 Å². The van der Waals surface area contributed by atoms with Gasteiger partial charge in [-0.1, -0.05) is 30.5 Å². The molecular formula is C28H40Cl4N2O2. The maximum Gasteiger partial charge on any atom is 0.162 e. The maximum absolute atomic E-state index is 11.1. The number of alkyl halides is 3. The highest BCUT2D eigenvalue weighted by atomic mass is 35.5. The molecule has 4 aliphatic carbocycles. The average Bonchev–Trinajstić information content (AvgIpc) is 3.39. The molecule has 4 nitrogen and oxygen atoms in total. The average molecular weight is 578 g/mol. The number of allylic oxidation sites excluding steroid dienone is 1. The SMILES string of the molecule is C#CC1(O)CCC2C3CCC4=Cc5oncc5CC4(C)C3CCC21C.Cl.ClCCN(CCCl)CCCl. The Labute approximate surface area is 237 Å². The van der Waals surface area contributed by atoms with Gasteiger partial charge in [-0.2, -0.15) is 0 Å². The molecule has 4 aliphatic rings. The van der Waals surface area contributed by atoms with Gasteiger partial charge in [0.1, 0.15) is 5.60 Å². The van der Waals surface area contributed by atoms with Crippen molar-refractivity contribution in [2.75, 3.05) is 37.3 Å². The summed E-state index contributed by atoms with van der Waals surface area (Å²) in [4.78, 5) is 2.15. The van der Waals surface area contributed by atoms with Crippen molar-refractivity contribution in [3.63, 3.8) is 0 Å². The number of fused-ring (bicyclic) bond motifs is 6. The third kappa shape index (κ3) is 5.23. The molecular weight excluding hydrogens is 538 g/mol. The molecule has 5 rings (SSSR count). The zero-order chi connectivity index (χ0) is 25.3. The first-order chi connectivity index (χ1) is 16.8. The third-order valence-corrected chi connectivity index (χ3v) is 10.4. The van der Waals surface area contributed by atoms with Crippen LogP contribution in [0.2, 0.25) is 0 Å². The molecule has 1 heterocycles. The van der Waals surface area contributed by atoms with Crippen LogP contribution in [-0.4, -0.2) is 58.0 Å². The van der Waals surface area contributed by atoms with E-state index in [2.05, 4.69) is 35.9 Å². The van der Waals surface area contributed by atoms with Crippen molar-refractivity contribution < 1.29 is 9.63 Å². The summed E-state index contributed by atoms with van der Waals surface area (Å²) in [5.74, 6) is 7.58. The van der Waals surface area contributed by atoms with Gasteiger partial charge in [-0.05, 0) is 74.2 Å². The zero-order valence-corrected chi connectivity index (χ0v) is 24.5. The second-order valence-corrected chi connectivity index (χ2v) is 12.4. The van der Waals surface area contributed by atoms with E-state index in [1.807, 2.05) is 6.20 Å².